The Kier molecular flexibility index (Phi) is 6.50. The fourth-order valence-electron chi connectivity index (χ4n) is 4.04. The van der Waals surface area contributed by atoms with Gasteiger partial charge in [0.25, 0.3) is 0 Å². The van der Waals surface area contributed by atoms with Gasteiger partial charge in [-0.3, -0.25) is 4.79 Å². The number of hydrogen-bond acceptors (Lipinski definition) is 5. The van der Waals surface area contributed by atoms with E-state index in [0.717, 1.165) is 5.56 Å². The van der Waals surface area contributed by atoms with Crippen LogP contribution in [0.25, 0.3) is 0 Å². The van der Waals surface area contributed by atoms with Gasteiger partial charge in [-0.1, -0.05) is 23.8 Å². The van der Waals surface area contributed by atoms with Crippen LogP contribution in [0.15, 0.2) is 41.8 Å². The molecule has 2 saturated heterocycles. The Morgan fingerprint density at radius 1 is 1.28 bits per heavy atom. The van der Waals surface area contributed by atoms with Crippen LogP contribution in [0.4, 0.5) is 0 Å². The van der Waals surface area contributed by atoms with E-state index in [1.165, 1.54) is 4.31 Å². The highest BCUT2D eigenvalue weighted by Crippen LogP contribution is 2.27. The van der Waals surface area contributed by atoms with Crippen molar-refractivity contribution in [2.45, 2.75) is 37.1 Å². The second-order valence-electron chi connectivity index (χ2n) is 7.85. The van der Waals surface area contributed by atoms with E-state index in [4.69, 9.17) is 0 Å². The predicted octanol–water partition coefficient (Wildman–Crippen LogP) is 1.60. The maximum atomic E-state index is 13.2. The molecule has 0 spiro atoms. The maximum absolute atomic E-state index is 13.2. The number of benzene rings is 1. The Hall–Kier alpha value is -1.71. The second kappa shape index (κ2) is 8.57. The van der Waals surface area contributed by atoms with Crippen LogP contribution in [-0.4, -0.2) is 69.1 Å². The summed E-state index contributed by atoms with van der Waals surface area (Å²) in [4.78, 5) is 15.0. The first-order valence-corrected chi connectivity index (χ1v) is 13.1. The van der Waals surface area contributed by atoms with Gasteiger partial charge in [-0.25, -0.2) is 16.8 Å². The Labute approximate surface area is 173 Å². The lowest BCUT2D eigenvalue weighted by molar-refractivity contribution is -0.138. The van der Waals surface area contributed by atoms with Crippen LogP contribution >= 0.6 is 0 Å². The van der Waals surface area contributed by atoms with E-state index in [-0.39, 0.29) is 41.4 Å². The van der Waals surface area contributed by atoms with Crippen LogP contribution in [0.1, 0.15) is 24.8 Å². The second-order valence-corrected chi connectivity index (χ2v) is 12.0. The number of nitrogens with zero attached hydrogens (tertiary/aromatic N) is 2. The molecule has 0 bridgehead atoms. The summed E-state index contributed by atoms with van der Waals surface area (Å²) in [5, 5.41) is 0. The monoisotopic (exact) mass is 440 g/mol. The van der Waals surface area contributed by atoms with Crippen LogP contribution in [-0.2, 0) is 24.7 Å². The molecule has 7 nitrogen and oxygen atoms in total. The molecule has 2 aliphatic heterocycles. The Bertz CT molecular complexity index is 971. The van der Waals surface area contributed by atoms with Gasteiger partial charge >= 0.3 is 0 Å². The van der Waals surface area contributed by atoms with Gasteiger partial charge in [-0.15, -0.1) is 6.58 Å². The zero-order valence-corrected chi connectivity index (χ0v) is 18.3. The van der Waals surface area contributed by atoms with Crippen LogP contribution in [0.5, 0.6) is 0 Å². The third-order valence-corrected chi connectivity index (χ3v) is 9.28. The first-order chi connectivity index (χ1) is 13.6. The van der Waals surface area contributed by atoms with Crippen LogP contribution < -0.4 is 0 Å². The molecule has 2 aliphatic rings. The minimum absolute atomic E-state index is 0.0370. The molecule has 0 N–H and O–H groups in total. The van der Waals surface area contributed by atoms with E-state index in [9.17, 15) is 21.6 Å². The smallest absolute Gasteiger partial charge is 0.243 e. The van der Waals surface area contributed by atoms with E-state index >= 15 is 0 Å². The molecule has 2 fully saturated rings. The molecule has 0 aromatic heterocycles. The molecule has 29 heavy (non-hydrogen) atoms. The maximum Gasteiger partial charge on any atom is 0.243 e. The summed E-state index contributed by atoms with van der Waals surface area (Å²) in [5.41, 5.74) is 0.974. The van der Waals surface area contributed by atoms with Crippen molar-refractivity contribution in [1.29, 1.82) is 0 Å². The van der Waals surface area contributed by atoms with E-state index < -0.39 is 25.8 Å². The summed E-state index contributed by atoms with van der Waals surface area (Å²) >= 11 is 0. The van der Waals surface area contributed by atoms with Crippen LogP contribution in [0.2, 0.25) is 0 Å². The molecule has 3 rings (SSSR count). The van der Waals surface area contributed by atoms with Crippen molar-refractivity contribution in [2.75, 3.05) is 31.1 Å². The quantitative estimate of drug-likeness (QED) is 0.627. The number of amides is 1. The number of carbonyl (C=O) groups is 1. The third kappa shape index (κ3) is 4.90. The standard InChI is InChI=1S/C20H28N2O5S2/c1-3-11-22(18-10-13-28(24,25)15-18)20(23)17-5-4-12-21(14-17)29(26,27)19-8-6-16(2)7-9-19/h3,6-9,17-18H,1,4-5,10-15H2,2H3. The van der Waals surface area contributed by atoms with Gasteiger partial charge in [-0.05, 0) is 38.3 Å². The summed E-state index contributed by atoms with van der Waals surface area (Å²) in [5.74, 6) is -0.620. The SMILES string of the molecule is C=CCN(C(=O)C1CCCN(S(=O)(=O)c2ccc(C)cc2)C1)C1CCS(=O)(=O)C1. The number of aryl methyl sites for hydroxylation is 1. The molecule has 9 heteroatoms. The van der Waals surface area contributed by atoms with Gasteiger partial charge in [0.2, 0.25) is 15.9 Å². The van der Waals surface area contributed by atoms with Crippen molar-refractivity contribution in [3.8, 4) is 0 Å². The topological polar surface area (TPSA) is 91.8 Å². The summed E-state index contributed by atoms with van der Waals surface area (Å²) in [6.45, 7) is 6.33. The summed E-state index contributed by atoms with van der Waals surface area (Å²) in [7, 11) is -6.81. The Morgan fingerprint density at radius 3 is 2.55 bits per heavy atom. The molecule has 0 saturated carbocycles. The molecule has 1 aromatic rings. The molecule has 0 radical (unpaired) electrons. The Morgan fingerprint density at radius 2 is 1.97 bits per heavy atom. The third-order valence-electron chi connectivity index (χ3n) is 5.65. The number of piperidine rings is 1. The largest absolute Gasteiger partial charge is 0.335 e. The van der Waals surface area contributed by atoms with Gasteiger partial charge in [0.05, 0.1) is 22.3 Å². The number of hydrogen-bond donors (Lipinski definition) is 0. The molecule has 160 valence electrons. The molecule has 1 aromatic carbocycles. The van der Waals surface area contributed by atoms with Gasteiger partial charge in [0.15, 0.2) is 9.84 Å². The van der Waals surface area contributed by atoms with Gasteiger partial charge in [0.1, 0.15) is 0 Å². The average molecular weight is 441 g/mol. The van der Waals surface area contributed by atoms with Gasteiger partial charge in [-0.2, -0.15) is 4.31 Å². The molecular weight excluding hydrogens is 412 g/mol. The highest BCUT2D eigenvalue weighted by molar-refractivity contribution is 7.91. The highest BCUT2D eigenvalue weighted by Gasteiger charge is 2.39. The number of carbonyl (C=O) groups excluding carboxylic acids is 1. The van der Waals surface area contributed by atoms with E-state index in [1.807, 2.05) is 6.92 Å². The Balaban J connectivity index is 1.77. The lowest BCUT2D eigenvalue weighted by Crippen LogP contribution is -2.50. The van der Waals surface area contributed by atoms with Crippen molar-refractivity contribution in [3.63, 3.8) is 0 Å². The van der Waals surface area contributed by atoms with Gasteiger partial charge in [0, 0.05) is 25.7 Å². The van der Waals surface area contributed by atoms with Crippen molar-refractivity contribution in [2.24, 2.45) is 5.92 Å². The minimum Gasteiger partial charge on any atom is -0.335 e. The molecular formula is C20H28N2O5S2. The first kappa shape index (κ1) is 22.0. The lowest BCUT2D eigenvalue weighted by atomic mass is 9.97. The van der Waals surface area contributed by atoms with Crippen molar-refractivity contribution in [3.05, 3.63) is 42.5 Å². The molecule has 2 atom stereocenters. The van der Waals surface area contributed by atoms with Gasteiger partial charge < -0.3 is 4.90 Å². The van der Waals surface area contributed by atoms with E-state index in [2.05, 4.69) is 6.58 Å². The van der Waals surface area contributed by atoms with Crippen LogP contribution in [0, 0.1) is 12.8 Å². The fourth-order valence-corrected chi connectivity index (χ4v) is 7.29. The van der Waals surface area contributed by atoms with Crippen molar-refractivity contribution in [1.82, 2.24) is 9.21 Å². The molecule has 0 aliphatic carbocycles. The average Bonchev–Trinajstić information content (AvgIpc) is 3.05. The number of rotatable bonds is 6. The lowest BCUT2D eigenvalue weighted by Gasteiger charge is -2.36. The van der Waals surface area contributed by atoms with E-state index in [0.29, 0.717) is 25.8 Å². The number of sulfonamides is 1. The van der Waals surface area contributed by atoms with Crippen molar-refractivity contribution >= 4 is 25.8 Å². The summed E-state index contributed by atoms with van der Waals surface area (Å²) < 4.78 is 51.1. The minimum atomic E-state index is -3.67. The fraction of sp³-hybridized carbons (Fsp3) is 0.550. The van der Waals surface area contributed by atoms with E-state index in [1.54, 1.807) is 35.2 Å². The van der Waals surface area contributed by atoms with Crippen LogP contribution in [0.3, 0.4) is 0 Å². The molecule has 2 unspecified atom stereocenters. The normalized spacial score (nSPS) is 24.9. The summed E-state index contributed by atoms with van der Waals surface area (Å²) in [6, 6.07) is 6.32. The predicted molar refractivity (Wildman–Crippen MR) is 112 cm³/mol. The van der Waals surface area contributed by atoms with Crippen molar-refractivity contribution < 1.29 is 21.6 Å². The molecule has 2 heterocycles. The zero-order chi connectivity index (χ0) is 21.2. The summed E-state index contributed by atoms with van der Waals surface area (Å²) in [6.07, 6.45) is 3.19. The molecule has 1 amide bonds. The number of sulfone groups is 1. The highest BCUT2D eigenvalue weighted by atomic mass is 32.2. The first-order valence-electron chi connectivity index (χ1n) is 9.82. The zero-order valence-electron chi connectivity index (χ0n) is 16.7.